The van der Waals surface area contributed by atoms with E-state index in [2.05, 4.69) is 19.2 Å². The molecule has 0 aliphatic carbocycles. The summed E-state index contributed by atoms with van der Waals surface area (Å²) in [4.78, 5) is 26.5. The van der Waals surface area contributed by atoms with Gasteiger partial charge in [-0.2, -0.15) is 0 Å². The second-order valence-electron chi connectivity index (χ2n) is 6.50. The third-order valence-corrected chi connectivity index (χ3v) is 4.71. The van der Waals surface area contributed by atoms with Gasteiger partial charge in [-0.05, 0) is 30.9 Å². The summed E-state index contributed by atoms with van der Waals surface area (Å²) in [6.07, 6.45) is 4.60. The molecule has 1 aromatic carbocycles. The van der Waals surface area contributed by atoms with Crippen LogP contribution < -0.4 is 5.32 Å². The van der Waals surface area contributed by atoms with Gasteiger partial charge in [0.15, 0.2) is 0 Å². The van der Waals surface area contributed by atoms with Gasteiger partial charge in [0.1, 0.15) is 0 Å². The number of rotatable bonds is 7. The summed E-state index contributed by atoms with van der Waals surface area (Å²) >= 11 is 0. The molecular formula is C19H28N2O2. The Balaban J connectivity index is 1.82. The van der Waals surface area contributed by atoms with Crippen LogP contribution in [0.3, 0.4) is 0 Å². The summed E-state index contributed by atoms with van der Waals surface area (Å²) in [5.74, 6) is 0.807. The van der Waals surface area contributed by atoms with Gasteiger partial charge in [-0.1, -0.05) is 44.9 Å². The number of carbonyl (C=O) groups excluding carboxylic acids is 2. The Morgan fingerprint density at radius 3 is 2.74 bits per heavy atom. The zero-order valence-electron chi connectivity index (χ0n) is 14.3. The second kappa shape index (κ2) is 8.70. The SMILES string of the molecule is CCCCC1C(=O)N(CCC(=O)Nc2ccccc2)CCC1C. The molecule has 4 nitrogen and oxygen atoms in total. The fourth-order valence-corrected chi connectivity index (χ4v) is 3.18. The topological polar surface area (TPSA) is 49.4 Å². The molecule has 1 aliphatic rings. The van der Waals surface area contributed by atoms with E-state index in [4.69, 9.17) is 0 Å². The molecule has 2 atom stereocenters. The van der Waals surface area contributed by atoms with Gasteiger partial charge in [-0.15, -0.1) is 0 Å². The van der Waals surface area contributed by atoms with Crippen molar-refractivity contribution in [3.63, 3.8) is 0 Å². The minimum Gasteiger partial charge on any atom is -0.342 e. The lowest BCUT2D eigenvalue weighted by molar-refractivity contribution is -0.141. The molecule has 1 aliphatic heterocycles. The van der Waals surface area contributed by atoms with E-state index in [1.54, 1.807) is 0 Å². The number of nitrogens with one attached hydrogen (secondary N) is 1. The lowest BCUT2D eigenvalue weighted by Crippen LogP contribution is -2.45. The summed E-state index contributed by atoms with van der Waals surface area (Å²) in [6.45, 7) is 5.63. The molecule has 2 amide bonds. The second-order valence-corrected chi connectivity index (χ2v) is 6.50. The Morgan fingerprint density at radius 2 is 2.04 bits per heavy atom. The molecule has 2 unspecified atom stereocenters. The van der Waals surface area contributed by atoms with Gasteiger partial charge < -0.3 is 10.2 Å². The maximum absolute atomic E-state index is 12.6. The normalized spacial score (nSPS) is 21.3. The van der Waals surface area contributed by atoms with E-state index in [0.717, 1.165) is 37.9 Å². The number of likely N-dealkylation sites (tertiary alicyclic amines) is 1. The van der Waals surface area contributed by atoms with Crippen LogP contribution in [0.2, 0.25) is 0 Å². The number of nitrogens with zero attached hydrogens (tertiary/aromatic N) is 1. The molecule has 0 aromatic heterocycles. The van der Waals surface area contributed by atoms with Crippen molar-refractivity contribution in [1.29, 1.82) is 0 Å². The fraction of sp³-hybridized carbons (Fsp3) is 0.579. The number of benzene rings is 1. The molecule has 2 rings (SSSR count). The molecule has 1 fully saturated rings. The Morgan fingerprint density at radius 1 is 1.30 bits per heavy atom. The molecule has 4 heteroatoms. The van der Waals surface area contributed by atoms with Crippen LogP contribution in [0.1, 0.15) is 46.0 Å². The van der Waals surface area contributed by atoms with Crippen molar-refractivity contribution in [2.24, 2.45) is 11.8 Å². The standard InChI is InChI=1S/C19H28N2O2/c1-3-4-10-17-15(2)11-13-21(19(17)23)14-12-18(22)20-16-8-6-5-7-9-16/h5-9,15,17H,3-4,10-14H2,1-2H3,(H,20,22). The largest absolute Gasteiger partial charge is 0.342 e. The van der Waals surface area contributed by atoms with Gasteiger partial charge in [0.25, 0.3) is 0 Å². The van der Waals surface area contributed by atoms with Crippen LogP contribution in [0.4, 0.5) is 5.69 Å². The van der Waals surface area contributed by atoms with Gasteiger partial charge in [0.2, 0.25) is 11.8 Å². The van der Waals surface area contributed by atoms with Crippen molar-refractivity contribution in [3.8, 4) is 0 Å². The van der Waals surface area contributed by atoms with E-state index in [0.29, 0.717) is 18.9 Å². The minimum absolute atomic E-state index is 0.0345. The van der Waals surface area contributed by atoms with Crippen LogP contribution in [0.15, 0.2) is 30.3 Å². The number of para-hydroxylation sites is 1. The molecule has 0 radical (unpaired) electrons. The van der Waals surface area contributed by atoms with Gasteiger partial charge in [-0.25, -0.2) is 0 Å². The van der Waals surface area contributed by atoms with Gasteiger partial charge in [0.05, 0.1) is 0 Å². The number of piperidine rings is 1. The number of anilines is 1. The van der Waals surface area contributed by atoms with Gasteiger partial charge in [-0.3, -0.25) is 9.59 Å². The third-order valence-electron chi connectivity index (χ3n) is 4.71. The van der Waals surface area contributed by atoms with Crippen molar-refractivity contribution in [2.75, 3.05) is 18.4 Å². The first kappa shape index (κ1) is 17.5. The molecule has 1 heterocycles. The average Bonchev–Trinajstić information content (AvgIpc) is 2.55. The molecular weight excluding hydrogens is 288 g/mol. The van der Waals surface area contributed by atoms with Crippen LogP contribution in [0.5, 0.6) is 0 Å². The molecule has 0 bridgehead atoms. The highest BCUT2D eigenvalue weighted by Crippen LogP contribution is 2.28. The van der Waals surface area contributed by atoms with Crippen LogP contribution >= 0.6 is 0 Å². The van der Waals surface area contributed by atoms with Crippen LogP contribution in [-0.4, -0.2) is 29.8 Å². The first-order chi connectivity index (χ1) is 11.1. The summed E-state index contributed by atoms with van der Waals surface area (Å²) in [5.41, 5.74) is 0.803. The molecule has 0 spiro atoms. The smallest absolute Gasteiger partial charge is 0.226 e. The molecule has 1 saturated heterocycles. The summed E-state index contributed by atoms with van der Waals surface area (Å²) in [5, 5.41) is 2.87. The van der Waals surface area contributed by atoms with E-state index in [1.807, 2.05) is 35.2 Å². The Kier molecular flexibility index (Phi) is 6.63. The lowest BCUT2D eigenvalue weighted by Gasteiger charge is -2.36. The van der Waals surface area contributed by atoms with Gasteiger partial charge in [0, 0.05) is 31.1 Å². The number of hydrogen-bond acceptors (Lipinski definition) is 2. The molecule has 1 N–H and O–H groups in total. The van der Waals surface area contributed by atoms with E-state index >= 15 is 0 Å². The van der Waals surface area contributed by atoms with Crippen molar-refractivity contribution in [2.45, 2.75) is 46.0 Å². The number of amides is 2. The molecule has 0 saturated carbocycles. The average molecular weight is 316 g/mol. The zero-order valence-corrected chi connectivity index (χ0v) is 14.3. The number of carbonyl (C=O) groups is 2. The third kappa shape index (κ3) is 5.08. The highest BCUT2D eigenvalue weighted by molar-refractivity contribution is 5.91. The zero-order chi connectivity index (χ0) is 16.7. The molecule has 126 valence electrons. The maximum atomic E-state index is 12.6. The maximum Gasteiger partial charge on any atom is 0.226 e. The monoisotopic (exact) mass is 316 g/mol. The van der Waals surface area contributed by atoms with Crippen molar-refractivity contribution in [3.05, 3.63) is 30.3 Å². The van der Waals surface area contributed by atoms with E-state index in [1.165, 1.54) is 0 Å². The number of hydrogen-bond donors (Lipinski definition) is 1. The number of unbranched alkanes of at least 4 members (excludes halogenated alkanes) is 1. The highest BCUT2D eigenvalue weighted by Gasteiger charge is 2.33. The predicted molar refractivity (Wildman–Crippen MR) is 93.1 cm³/mol. The van der Waals surface area contributed by atoms with E-state index < -0.39 is 0 Å². The van der Waals surface area contributed by atoms with E-state index in [9.17, 15) is 9.59 Å². The summed E-state index contributed by atoms with van der Waals surface area (Å²) in [7, 11) is 0. The Labute approximate surface area is 139 Å². The quantitative estimate of drug-likeness (QED) is 0.834. The fourth-order valence-electron chi connectivity index (χ4n) is 3.18. The summed E-state index contributed by atoms with van der Waals surface area (Å²) < 4.78 is 0. The van der Waals surface area contributed by atoms with Crippen LogP contribution in [0, 0.1) is 11.8 Å². The lowest BCUT2D eigenvalue weighted by atomic mass is 9.83. The van der Waals surface area contributed by atoms with Crippen molar-refractivity contribution in [1.82, 2.24) is 4.90 Å². The van der Waals surface area contributed by atoms with Gasteiger partial charge >= 0.3 is 0 Å². The Hall–Kier alpha value is -1.84. The van der Waals surface area contributed by atoms with Crippen LogP contribution in [-0.2, 0) is 9.59 Å². The minimum atomic E-state index is -0.0345. The summed E-state index contributed by atoms with van der Waals surface area (Å²) in [6, 6.07) is 9.44. The molecule has 23 heavy (non-hydrogen) atoms. The van der Waals surface area contributed by atoms with Crippen LogP contribution in [0.25, 0.3) is 0 Å². The van der Waals surface area contributed by atoms with Crippen molar-refractivity contribution < 1.29 is 9.59 Å². The van der Waals surface area contributed by atoms with Crippen molar-refractivity contribution >= 4 is 17.5 Å². The first-order valence-corrected chi connectivity index (χ1v) is 8.75. The highest BCUT2D eigenvalue weighted by atomic mass is 16.2. The molecule has 1 aromatic rings. The first-order valence-electron chi connectivity index (χ1n) is 8.75. The predicted octanol–water partition coefficient (Wildman–Crippen LogP) is 3.69. The Bertz CT molecular complexity index is 515. The van der Waals surface area contributed by atoms with E-state index in [-0.39, 0.29) is 17.7 Å².